The van der Waals surface area contributed by atoms with Gasteiger partial charge in [-0.3, -0.25) is 0 Å². The molecule has 2 atom stereocenters. The lowest BCUT2D eigenvalue weighted by Crippen LogP contribution is -2.14. The van der Waals surface area contributed by atoms with Crippen LogP contribution in [0, 0.1) is 5.92 Å². The molecule has 66 valence electrons. The average Bonchev–Trinajstić information content (AvgIpc) is 2.34. The molecule has 1 aliphatic rings. The van der Waals surface area contributed by atoms with Gasteiger partial charge >= 0.3 is 0 Å². The van der Waals surface area contributed by atoms with Gasteiger partial charge in [-0.05, 0) is 18.8 Å². The fourth-order valence-electron chi connectivity index (χ4n) is 1.37. The number of ether oxygens (including phenoxy) is 2. The lowest BCUT2D eigenvalue weighted by Gasteiger charge is -2.11. The van der Waals surface area contributed by atoms with Crippen LogP contribution in [0.3, 0.4) is 0 Å². The second-order valence-electron chi connectivity index (χ2n) is 3.56. The average molecular weight is 158 g/mol. The highest BCUT2D eigenvalue weighted by Crippen LogP contribution is 2.19. The Morgan fingerprint density at radius 1 is 1.45 bits per heavy atom. The van der Waals surface area contributed by atoms with Gasteiger partial charge in [-0.1, -0.05) is 20.8 Å². The minimum absolute atomic E-state index is 0.0683. The minimum Gasteiger partial charge on any atom is -0.350 e. The summed E-state index contributed by atoms with van der Waals surface area (Å²) in [6.45, 7) is 7.30. The van der Waals surface area contributed by atoms with Crippen LogP contribution in [0.4, 0.5) is 0 Å². The SMILES string of the molecule is CCC1OCC(CC(C)C)O1. The summed E-state index contributed by atoms with van der Waals surface area (Å²) in [5, 5.41) is 0. The van der Waals surface area contributed by atoms with Crippen LogP contribution >= 0.6 is 0 Å². The topological polar surface area (TPSA) is 18.5 Å². The van der Waals surface area contributed by atoms with Gasteiger partial charge in [0.15, 0.2) is 6.29 Å². The third kappa shape index (κ3) is 2.80. The molecule has 0 saturated carbocycles. The largest absolute Gasteiger partial charge is 0.350 e. The van der Waals surface area contributed by atoms with E-state index in [-0.39, 0.29) is 6.29 Å². The van der Waals surface area contributed by atoms with E-state index in [1.165, 1.54) is 0 Å². The molecule has 0 N–H and O–H groups in total. The van der Waals surface area contributed by atoms with Gasteiger partial charge in [0.2, 0.25) is 0 Å². The molecule has 1 rings (SSSR count). The smallest absolute Gasteiger partial charge is 0.157 e. The summed E-state index contributed by atoms with van der Waals surface area (Å²) < 4.78 is 11.0. The summed E-state index contributed by atoms with van der Waals surface area (Å²) in [6, 6.07) is 0. The molecular weight excluding hydrogens is 140 g/mol. The predicted molar refractivity (Wildman–Crippen MR) is 44.4 cm³/mol. The predicted octanol–water partition coefficient (Wildman–Crippen LogP) is 2.18. The molecular formula is C9H18O2. The Morgan fingerprint density at radius 2 is 2.18 bits per heavy atom. The molecule has 1 fully saturated rings. The zero-order valence-electron chi connectivity index (χ0n) is 7.67. The zero-order valence-corrected chi connectivity index (χ0v) is 7.67. The first-order valence-electron chi connectivity index (χ1n) is 4.49. The molecule has 0 amide bonds. The molecule has 0 spiro atoms. The molecule has 2 nitrogen and oxygen atoms in total. The van der Waals surface area contributed by atoms with E-state index in [1.807, 2.05) is 0 Å². The summed E-state index contributed by atoms with van der Waals surface area (Å²) in [6.07, 6.45) is 2.50. The van der Waals surface area contributed by atoms with Crippen molar-refractivity contribution in [2.24, 2.45) is 5.92 Å². The van der Waals surface area contributed by atoms with E-state index in [0.717, 1.165) is 19.4 Å². The van der Waals surface area contributed by atoms with Crippen molar-refractivity contribution in [1.82, 2.24) is 0 Å². The Labute approximate surface area is 68.9 Å². The maximum absolute atomic E-state index is 5.60. The van der Waals surface area contributed by atoms with Gasteiger partial charge in [0.05, 0.1) is 12.7 Å². The highest BCUT2D eigenvalue weighted by molar-refractivity contribution is 4.66. The first-order valence-corrected chi connectivity index (χ1v) is 4.49. The van der Waals surface area contributed by atoms with Crippen molar-refractivity contribution in [3.8, 4) is 0 Å². The van der Waals surface area contributed by atoms with E-state index < -0.39 is 0 Å². The van der Waals surface area contributed by atoms with Crippen LogP contribution in [0.2, 0.25) is 0 Å². The Morgan fingerprint density at radius 3 is 2.64 bits per heavy atom. The fourth-order valence-corrected chi connectivity index (χ4v) is 1.37. The number of hydrogen-bond donors (Lipinski definition) is 0. The summed E-state index contributed by atoms with van der Waals surface area (Å²) in [5.41, 5.74) is 0. The van der Waals surface area contributed by atoms with Crippen LogP contribution in [-0.2, 0) is 9.47 Å². The fraction of sp³-hybridized carbons (Fsp3) is 1.00. The second-order valence-corrected chi connectivity index (χ2v) is 3.56. The van der Waals surface area contributed by atoms with Crippen LogP contribution < -0.4 is 0 Å². The van der Waals surface area contributed by atoms with Gasteiger partial charge in [-0.15, -0.1) is 0 Å². The van der Waals surface area contributed by atoms with Crippen molar-refractivity contribution in [3.05, 3.63) is 0 Å². The van der Waals surface area contributed by atoms with E-state index in [2.05, 4.69) is 20.8 Å². The molecule has 1 aliphatic heterocycles. The summed E-state index contributed by atoms with van der Waals surface area (Å²) in [4.78, 5) is 0. The van der Waals surface area contributed by atoms with E-state index in [0.29, 0.717) is 12.0 Å². The van der Waals surface area contributed by atoms with E-state index in [4.69, 9.17) is 9.47 Å². The zero-order chi connectivity index (χ0) is 8.27. The molecule has 0 aliphatic carbocycles. The monoisotopic (exact) mass is 158 g/mol. The van der Waals surface area contributed by atoms with Crippen LogP contribution in [-0.4, -0.2) is 19.0 Å². The summed E-state index contributed by atoms with van der Waals surface area (Å²) >= 11 is 0. The third-order valence-electron chi connectivity index (χ3n) is 1.88. The van der Waals surface area contributed by atoms with E-state index in [1.54, 1.807) is 0 Å². The molecule has 0 aromatic carbocycles. The molecule has 2 unspecified atom stereocenters. The minimum atomic E-state index is 0.0683. The quantitative estimate of drug-likeness (QED) is 0.626. The van der Waals surface area contributed by atoms with Gasteiger partial charge in [0.25, 0.3) is 0 Å². The van der Waals surface area contributed by atoms with Crippen molar-refractivity contribution in [2.45, 2.75) is 46.0 Å². The molecule has 2 heteroatoms. The molecule has 1 saturated heterocycles. The van der Waals surface area contributed by atoms with Gasteiger partial charge in [-0.25, -0.2) is 0 Å². The van der Waals surface area contributed by atoms with Gasteiger partial charge in [0.1, 0.15) is 0 Å². The molecule has 0 aromatic heterocycles. The van der Waals surface area contributed by atoms with Crippen LogP contribution in [0.25, 0.3) is 0 Å². The maximum atomic E-state index is 5.60. The van der Waals surface area contributed by atoms with Crippen LogP contribution in [0.5, 0.6) is 0 Å². The Bertz CT molecular complexity index is 112. The highest BCUT2D eigenvalue weighted by Gasteiger charge is 2.24. The maximum Gasteiger partial charge on any atom is 0.157 e. The first-order chi connectivity index (χ1) is 5.22. The molecule has 0 radical (unpaired) electrons. The van der Waals surface area contributed by atoms with Crippen molar-refractivity contribution in [1.29, 1.82) is 0 Å². The number of rotatable bonds is 3. The van der Waals surface area contributed by atoms with Crippen LogP contribution in [0.15, 0.2) is 0 Å². The normalized spacial score (nSPS) is 31.6. The van der Waals surface area contributed by atoms with Gasteiger partial charge in [-0.2, -0.15) is 0 Å². The van der Waals surface area contributed by atoms with E-state index in [9.17, 15) is 0 Å². The molecule has 1 heterocycles. The lowest BCUT2D eigenvalue weighted by molar-refractivity contribution is -0.0610. The summed E-state index contributed by atoms with van der Waals surface area (Å²) in [7, 11) is 0. The highest BCUT2D eigenvalue weighted by atomic mass is 16.7. The molecule has 0 bridgehead atoms. The third-order valence-corrected chi connectivity index (χ3v) is 1.88. The van der Waals surface area contributed by atoms with Crippen molar-refractivity contribution >= 4 is 0 Å². The first kappa shape index (κ1) is 9.01. The van der Waals surface area contributed by atoms with Crippen molar-refractivity contribution in [3.63, 3.8) is 0 Å². The lowest BCUT2D eigenvalue weighted by atomic mass is 10.1. The Kier molecular flexibility index (Phi) is 3.34. The summed E-state index contributed by atoms with van der Waals surface area (Å²) in [5.74, 6) is 0.708. The molecule has 0 aromatic rings. The van der Waals surface area contributed by atoms with Crippen molar-refractivity contribution < 1.29 is 9.47 Å². The van der Waals surface area contributed by atoms with Crippen molar-refractivity contribution in [2.75, 3.05) is 6.61 Å². The Hall–Kier alpha value is -0.0800. The van der Waals surface area contributed by atoms with Gasteiger partial charge in [0, 0.05) is 0 Å². The van der Waals surface area contributed by atoms with Crippen LogP contribution in [0.1, 0.15) is 33.6 Å². The molecule has 11 heavy (non-hydrogen) atoms. The standard InChI is InChI=1S/C9H18O2/c1-4-9-10-6-8(11-9)5-7(2)3/h7-9H,4-6H2,1-3H3. The number of hydrogen-bond acceptors (Lipinski definition) is 2. The van der Waals surface area contributed by atoms with Gasteiger partial charge < -0.3 is 9.47 Å². The van der Waals surface area contributed by atoms with E-state index >= 15 is 0 Å². The Balaban J connectivity index is 2.19. The second kappa shape index (κ2) is 4.07.